The van der Waals surface area contributed by atoms with Gasteiger partial charge in [-0.25, -0.2) is 4.79 Å². The summed E-state index contributed by atoms with van der Waals surface area (Å²) < 4.78 is 1.84. The Morgan fingerprint density at radius 2 is 2.14 bits per heavy atom. The van der Waals surface area contributed by atoms with Crippen molar-refractivity contribution >= 4 is 29.2 Å². The van der Waals surface area contributed by atoms with E-state index < -0.39 is 5.97 Å². The molecule has 3 rings (SSSR count). The minimum Gasteiger partial charge on any atom is -0.477 e. The van der Waals surface area contributed by atoms with E-state index in [1.807, 2.05) is 4.57 Å². The van der Waals surface area contributed by atoms with Gasteiger partial charge in [-0.1, -0.05) is 11.6 Å². The summed E-state index contributed by atoms with van der Waals surface area (Å²) in [5.41, 5.74) is 1.33. The first-order chi connectivity index (χ1) is 9.95. The van der Waals surface area contributed by atoms with Gasteiger partial charge in [0.25, 0.3) is 5.91 Å². The molecule has 0 bridgehead atoms. The number of H-pyrrole nitrogens is 1. The Morgan fingerprint density at radius 3 is 2.76 bits per heavy atom. The summed E-state index contributed by atoms with van der Waals surface area (Å²) in [5, 5.41) is 12.2. The van der Waals surface area contributed by atoms with E-state index in [0.29, 0.717) is 22.5 Å². The Labute approximate surface area is 125 Å². The standard InChI is InChI=1S/C14H14ClN3O3/c1-7-4-10(12(16-7)14(20)21)17-13(19)11-5-8(15)6-18(11)9-2-3-9/h4-6,9,16H,2-3H2,1H3,(H,17,19)(H,20,21). The van der Waals surface area contributed by atoms with Gasteiger partial charge in [-0.15, -0.1) is 0 Å². The minimum absolute atomic E-state index is 0.0310. The molecule has 21 heavy (non-hydrogen) atoms. The largest absolute Gasteiger partial charge is 0.477 e. The number of carboxylic acids is 1. The molecule has 6 nitrogen and oxygen atoms in total. The zero-order chi connectivity index (χ0) is 15.1. The summed E-state index contributed by atoms with van der Waals surface area (Å²) in [6.45, 7) is 1.73. The number of aryl methyl sites for hydroxylation is 1. The van der Waals surface area contributed by atoms with Crippen molar-refractivity contribution in [2.75, 3.05) is 5.32 Å². The number of nitrogens with zero attached hydrogens (tertiary/aromatic N) is 1. The van der Waals surface area contributed by atoms with Gasteiger partial charge in [0.2, 0.25) is 0 Å². The van der Waals surface area contributed by atoms with Crippen LogP contribution in [0.4, 0.5) is 5.69 Å². The fourth-order valence-electron chi connectivity index (χ4n) is 2.33. The summed E-state index contributed by atoms with van der Waals surface area (Å²) in [4.78, 5) is 26.2. The van der Waals surface area contributed by atoms with Crippen LogP contribution in [0, 0.1) is 6.92 Å². The van der Waals surface area contributed by atoms with Crippen LogP contribution in [-0.4, -0.2) is 26.5 Å². The Morgan fingerprint density at radius 1 is 1.43 bits per heavy atom. The van der Waals surface area contributed by atoms with E-state index in [1.54, 1.807) is 25.3 Å². The molecular weight excluding hydrogens is 294 g/mol. The third-order valence-electron chi connectivity index (χ3n) is 3.40. The predicted molar refractivity (Wildman–Crippen MR) is 78.2 cm³/mol. The number of rotatable bonds is 4. The lowest BCUT2D eigenvalue weighted by Gasteiger charge is -2.08. The number of aromatic carboxylic acids is 1. The molecule has 0 aromatic carbocycles. The fourth-order valence-corrected chi connectivity index (χ4v) is 2.53. The minimum atomic E-state index is -1.12. The summed E-state index contributed by atoms with van der Waals surface area (Å²) >= 11 is 5.97. The molecule has 2 heterocycles. The molecule has 2 aromatic heterocycles. The number of carbonyl (C=O) groups excluding carboxylic acids is 1. The monoisotopic (exact) mass is 307 g/mol. The van der Waals surface area contributed by atoms with Gasteiger partial charge in [0.15, 0.2) is 0 Å². The first-order valence-electron chi connectivity index (χ1n) is 6.57. The maximum atomic E-state index is 12.4. The SMILES string of the molecule is Cc1cc(NC(=O)c2cc(Cl)cn2C2CC2)c(C(=O)O)[nH]1. The highest BCUT2D eigenvalue weighted by molar-refractivity contribution is 6.31. The molecule has 0 atom stereocenters. The van der Waals surface area contributed by atoms with Gasteiger partial charge in [0.05, 0.1) is 10.7 Å². The third kappa shape index (κ3) is 2.67. The molecule has 2 aromatic rings. The molecule has 1 saturated carbocycles. The van der Waals surface area contributed by atoms with Crippen molar-refractivity contribution in [3.63, 3.8) is 0 Å². The second-order valence-electron chi connectivity index (χ2n) is 5.18. The van der Waals surface area contributed by atoms with Crippen molar-refractivity contribution in [3.05, 3.63) is 40.4 Å². The first-order valence-corrected chi connectivity index (χ1v) is 6.95. The molecule has 0 aliphatic heterocycles. The smallest absolute Gasteiger partial charge is 0.354 e. The highest BCUT2D eigenvalue weighted by Gasteiger charge is 2.28. The topological polar surface area (TPSA) is 87.1 Å². The quantitative estimate of drug-likeness (QED) is 0.811. The van der Waals surface area contributed by atoms with Crippen molar-refractivity contribution in [3.8, 4) is 0 Å². The number of aromatic amines is 1. The lowest BCUT2D eigenvalue weighted by atomic mass is 10.3. The van der Waals surface area contributed by atoms with E-state index in [4.69, 9.17) is 16.7 Å². The van der Waals surface area contributed by atoms with E-state index in [1.165, 1.54) is 0 Å². The molecule has 3 N–H and O–H groups in total. The Bertz CT molecular complexity index is 728. The third-order valence-corrected chi connectivity index (χ3v) is 3.61. The van der Waals surface area contributed by atoms with Crippen LogP contribution in [0.15, 0.2) is 18.3 Å². The van der Waals surface area contributed by atoms with Crippen LogP contribution < -0.4 is 5.32 Å². The summed E-state index contributed by atoms with van der Waals surface area (Å²) in [7, 11) is 0. The number of carboxylic acid groups (broad SMARTS) is 1. The number of nitrogens with one attached hydrogen (secondary N) is 2. The zero-order valence-corrected chi connectivity index (χ0v) is 12.1. The zero-order valence-electron chi connectivity index (χ0n) is 11.3. The molecule has 7 heteroatoms. The van der Waals surface area contributed by atoms with E-state index in [0.717, 1.165) is 12.8 Å². The Hall–Kier alpha value is -2.21. The average Bonchev–Trinajstić information content (AvgIpc) is 3.08. The van der Waals surface area contributed by atoms with Gasteiger partial charge in [-0.05, 0) is 31.9 Å². The molecule has 0 radical (unpaired) electrons. The van der Waals surface area contributed by atoms with Crippen LogP contribution >= 0.6 is 11.6 Å². The normalized spacial score (nSPS) is 14.2. The molecule has 110 valence electrons. The Balaban J connectivity index is 1.88. The highest BCUT2D eigenvalue weighted by atomic mass is 35.5. The van der Waals surface area contributed by atoms with Crippen LogP contribution in [0.5, 0.6) is 0 Å². The van der Waals surface area contributed by atoms with Gasteiger partial charge in [-0.2, -0.15) is 0 Å². The maximum Gasteiger partial charge on any atom is 0.354 e. The Kier molecular flexibility index (Phi) is 3.25. The number of anilines is 1. The van der Waals surface area contributed by atoms with Gasteiger partial charge in [0.1, 0.15) is 11.4 Å². The van der Waals surface area contributed by atoms with Crippen LogP contribution in [0.1, 0.15) is 45.6 Å². The van der Waals surface area contributed by atoms with Gasteiger partial charge in [-0.3, -0.25) is 4.79 Å². The van der Waals surface area contributed by atoms with Crippen LogP contribution in [0.25, 0.3) is 0 Å². The second kappa shape index (κ2) is 4.96. The summed E-state index contributed by atoms with van der Waals surface area (Å²) in [6, 6.07) is 3.49. The van der Waals surface area contributed by atoms with Crippen LogP contribution in [0.3, 0.4) is 0 Å². The predicted octanol–water partition coefficient (Wildman–Crippen LogP) is 3.06. The lowest BCUT2D eigenvalue weighted by molar-refractivity contribution is 0.0692. The maximum absolute atomic E-state index is 12.4. The van der Waals surface area contributed by atoms with E-state index in [-0.39, 0.29) is 17.3 Å². The van der Waals surface area contributed by atoms with E-state index in [9.17, 15) is 9.59 Å². The number of carbonyl (C=O) groups is 2. The van der Waals surface area contributed by atoms with Crippen molar-refractivity contribution in [2.24, 2.45) is 0 Å². The second-order valence-corrected chi connectivity index (χ2v) is 5.62. The first kappa shape index (κ1) is 13.8. The molecule has 1 aliphatic rings. The van der Waals surface area contributed by atoms with Gasteiger partial charge >= 0.3 is 5.97 Å². The molecule has 0 saturated heterocycles. The van der Waals surface area contributed by atoms with Crippen molar-refractivity contribution in [2.45, 2.75) is 25.8 Å². The lowest BCUT2D eigenvalue weighted by Crippen LogP contribution is -2.17. The number of amides is 1. The summed E-state index contributed by atoms with van der Waals surface area (Å²) in [6.07, 6.45) is 3.78. The van der Waals surface area contributed by atoms with Gasteiger partial charge in [0, 0.05) is 17.9 Å². The van der Waals surface area contributed by atoms with Crippen molar-refractivity contribution < 1.29 is 14.7 Å². The molecule has 1 amide bonds. The molecule has 0 spiro atoms. The van der Waals surface area contributed by atoms with Crippen LogP contribution in [0.2, 0.25) is 5.02 Å². The number of aromatic nitrogens is 2. The van der Waals surface area contributed by atoms with Crippen molar-refractivity contribution in [1.82, 2.24) is 9.55 Å². The van der Waals surface area contributed by atoms with Crippen LogP contribution in [-0.2, 0) is 0 Å². The van der Waals surface area contributed by atoms with Crippen molar-refractivity contribution in [1.29, 1.82) is 0 Å². The highest BCUT2D eigenvalue weighted by Crippen LogP contribution is 2.37. The molecule has 1 aliphatic carbocycles. The summed E-state index contributed by atoms with van der Waals surface area (Å²) in [5.74, 6) is -1.48. The van der Waals surface area contributed by atoms with Gasteiger partial charge < -0.3 is 20.0 Å². The number of hydrogen-bond donors (Lipinski definition) is 3. The number of hydrogen-bond acceptors (Lipinski definition) is 2. The molecular formula is C14H14ClN3O3. The molecule has 1 fully saturated rings. The molecule has 0 unspecified atom stereocenters. The van der Waals surface area contributed by atoms with E-state index in [2.05, 4.69) is 10.3 Å². The average molecular weight is 308 g/mol. The van der Waals surface area contributed by atoms with E-state index >= 15 is 0 Å². The fraction of sp³-hybridized carbons (Fsp3) is 0.286. The number of halogens is 1.